The summed E-state index contributed by atoms with van der Waals surface area (Å²) < 4.78 is 7.57. The molecule has 1 aromatic carbocycles. The summed E-state index contributed by atoms with van der Waals surface area (Å²) in [4.78, 5) is 19.8. The van der Waals surface area contributed by atoms with Gasteiger partial charge in [-0.2, -0.15) is 9.61 Å². The van der Waals surface area contributed by atoms with Gasteiger partial charge in [0.25, 0.3) is 0 Å². The van der Waals surface area contributed by atoms with Crippen LogP contribution in [0.5, 0.6) is 0 Å². The van der Waals surface area contributed by atoms with E-state index in [1.165, 1.54) is 0 Å². The lowest BCUT2D eigenvalue weighted by Crippen LogP contribution is -2.43. The highest BCUT2D eigenvalue weighted by molar-refractivity contribution is 6.30. The molecule has 7 nitrogen and oxygen atoms in total. The monoisotopic (exact) mass is 467 g/mol. The molecular formula is C25H30ClN5O2. The number of aromatic nitrogens is 3. The number of nitrogens with zero attached hydrogens (tertiary/aromatic N) is 4. The lowest BCUT2D eigenvalue weighted by atomic mass is 9.95. The van der Waals surface area contributed by atoms with Gasteiger partial charge in [-0.15, -0.1) is 0 Å². The summed E-state index contributed by atoms with van der Waals surface area (Å²) in [6.07, 6.45) is 3.96. The summed E-state index contributed by atoms with van der Waals surface area (Å²) in [7, 11) is 0. The zero-order valence-electron chi connectivity index (χ0n) is 19.2. The zero-order valence-corrected chi connectivity index (χ0v) is 19.9. The molecule has 174 valence electrons. The minimum Gasteiger partial charge on any atom is -0.376 e. The standard InChI is InChI=1S/C25H30ClN5O2/c1-16-14-22(30-11-9-19(10-12-30)25(32)27-15-21-4-3-13-33-21)31-24(28-16)23(17(2)29-31)18-5-7-20(26)8-6-18/h5-8,14,19,21H,3-4,9-13,15H2,1-2H3,(H,27,32)/t21-/m1/s1. The second-order valence-corrected chi connectivity index (χ2v) is 9.54. The Labute approximate surface area is 199 Å². The van der Waals surface area contributed by atoms with Crippen molar-refractivity contribution in [1.82, 2.24) is 19.9 Å². The predicted molar refractivity (Wildman–Crippen MR) is 130 cm³/mol. The third kappa shape index (κ3) is 4.57. The maximum Gasteiger partial charge on any atom is 0.223 e. The van der Waals surface area contributed by atoms with Crippen LogP contribution in [-0.4, -0.2) is 52.9 Å². The van der Waals surface area contributed by atoms with Crippen molar-refractivity contribution in [2.75, 3.05) is 31.1 Å². The van der Waals surface area contributed by atoms with Gasteiger partial charge >= 0.3 is 0 Å². The highest BCUT2D eigenvalue weighted by atomic mass is 35.5. The minimum absolute atomic E-state index is 0.0464. The van der Waals surface area contributed by atoms with Crippen molar-refractivity contribution in [3.8, 4) is 11.1 Å². The number of nitrogens with one attached hydrogen (secondary N) is 1. The molecule has 2 aliphatic rings. The number of amides is 1. The molecule has 4 heterocycles. The second-order valence-electron chi connectivity index (χ2n) is 9.10. The zero-order chi connectivity index (χ0) is 22.9. The van der Waals surface area contributed by atoms with E-state index in [-0.39, 0.29) is 17.9 Å². The number of aryl methyl sites for hydroxylation is 2. The molecule has 0 spiro atoms. The van der Waals surface area contributed by atoms with Crippen LogP contribution in [0.3, 0.4) is 0 Å². The lowest BCUT2D eigenvalue weighted by Gasteiger charge is -2.33. The summed E-state index contributed by atoms with van der Waals surface area (Å²) in [5, 5.41) is 8.65. The molecule has 1 amide bonds. The van der Waals surface area contributed by atoms with Crippen molar-refractivity contribution in [2.24, 2.45) is 5.92 Å². The van der Waals surface area contributed by atoms with Gasteiger partial charge in [-0.3, -0.25) is 4.79 Å². The second kappa shape index (κ2) is 9.31. The third-order valence-electron chi connectivity index (χ3n) is 6.72. The maximum absolute atomic E-state index is 12.7. The van der Waals surface area contributed by atoms with Crippen LogP contribution in [0.25, 0.3) is 16.8 Å². The largest absolute Gasteiger partial charge is 0.376 e. The fourth-order valence-corrected chi connectivity index (χ4v) is 5.07. The number of fused-ring (bicyclic) bond motifs is 1. The Morgan fingerprint density at radius 1 is 1.18 bits per heavy atom. The van der Waals surface area contributed by atoms with Gasteiger partial charge in [0.1, 0.15) is 5.82 Å². The first-order chi connectivity index (χ1) is 16.0. The Hall–Kier alpha value is -2.64. The topological polar surface area (TPSA) is 71.8 Å². The Morgan fingerprint density at radius 3 is 2.64 bits per heavy atom. The molecule has 2 aliphatic heterocycles. The molecular weight excluding hydrogens is 438 g/mol. The van der Waals surface area contributed by atoms with E-state index in [0.717, 1.165) is 79.4 Å². The molecule has 1 N–H and O–H groups in total. The van der Waals surface area contributed by atoms with E-state index in [1.54, 1.807) is 0 Å². The van der Waals surface area contributed by atoms with Crippen LogP contribution in [0.2, 0.25) is 5.02 Å². The normalized spacial score (nSPS) is 19.4. The number of ether oxygens (including phenoxy) is 1. The molecule has 0 radical (unpaired) electrons. The lowest BCUT2D eigenvalue weighted by molar-refractivity contribution is -0.126. The van der Waals surface area contributed by atoms with Crippen LogP contribution in [0.15, 0.2) is 30.3 Å². The number of halogens is 1. The summed E-state index contributed by atoms with van der Waals surface area (Å²) >= 11 is 6.09. The number of rotatable bonds is 5. The Bertz CT molecular complexity index is 1150. The summed E-state index contributed by atoms with van der Waals surface area (Å²) in [6, 6.07) is 9.90. The number of carbonyl (C=O) groups is 1. The van der Waals surface area contributed by atoms with Crippen LogP contribution in [0.4, 0.5) is 5.82 Å². The highest BCUT2D eigenvalue weighted by Gasteiger charge is 2.28. The quantitative estimate of drug-likeness (QED) is 0.609. The Morgan fingerprint density at radius 2 is 1.94 bits per heavy atom. The molecule has 3 aromatic rings. The van der Waals surface area contributed by atoms with Crippen molar-refractivity contribution in [1.29, 1.82) is 0 Å². The summed E-state index contributed by atoms with van der Waals surface area (Å²) in [5.74, 6) is 1.23. The fourth-order valence-electron chi connectivity index (χ4n) is 4.94. The van der Waals surface area contributed by atoms with Gasteiger partial charge in [-0.25, -0.2) is 4.98 Å². The van der Waals surface area contributed by atoms with Gasteiger partial charge in [-0.1, -0.05) is 23.7 Å². The number of hydrogen-bond donors (Lipinski definition) is 1. The van der Waals surface area contributed by atoms with Gasteiger partial charge in [0.05, 0.1) is 11.8 Å². The first-order valence-electron chi connectivity index (χ1n) is 11.8. The van der Waals surface area contributed by atoms with E-state index in [2.05, 4.69) is 16.3 Å². The van der Waals surface area contributed by atoms with Gasteiger partial charge in [0.2, 0.25) is 5.91 Å². The molecule has 5 rings (SSSR count). The first-order valence-corrected chi connectivity index (χ1v) is 12.1. The Balaban J connectivity index is 1.33. The molecule has 33 heavy (non-hydrogen) atoms. The van der Waals surface area contributed by atoms with Crippen LogP contribution >= 0.6 is 11.6 Å². The van der Waals surface area contributed by atoms with Crippen LogP contribution in [0, 0.1) is 19.8 Å². The molecule has 2 fully saturated rings. The van der Waals surface area contributed by atoms with Crippen LogP contribution in [0.1, 0.15) is 37.1 Å². The minimum atomic E-state index is 0.0464. The number of piperidine rings is 1. The molecule has 0 aliphatic carbocycles. The van der Waals surface area contributed by atoms with Crippen LogP contribution in [-0.2, 0) is 9.53 Å². The van der Waals surface area contributed by atoms with E-state index >= 15 is 0 Å². The van der Waals surface area contributed by atoms with Crippen molar-refractivity contribution in [3.63, 3.8) is 0 Å². The Kier molecular flexibility index (Phi) is 6.25. The SMILES string of the molecule is Cc1cc(N2CCC(C(=O)NC[C@H]3CCCO3)CC2)n2nc(C)c(-c3ccc(Cl)cc3)c2n1. The van der Waals surface area contributed by atoms with Gasteiger partial charge < -0.3 is 15.0 Å². The predicted octanol–water partition coefficient (Wildman–Crippen LogP) is 4.18. The van der Waals surface area contributed by atoms with Crippen molar-refractivity contribution >= 4 is 29.0 Å². The smallest absolute Gasteiger partial charge is 0.223 e. The van der Waals surface area contributed by atoms with E-state index < -0.39 is 0 Å². The van der Waals surface area contributed by atoms with Gasteiger partial charge in [-0.05, 0) is 57.2 Å². The van der Waals surface area contributed by atoms with Gasteiger partial charge in [0.15, 0.2) is 5.65 Å². The molecule has 8 heteroatoms. The third-order valence-corrected chi connectivity index (χ3v) is 6.98. The molecule has 2 aromatic heterocycles. The van der Waals surface area contributed by atoms with Crippen molar-refractivity contribution in [3.05, 3.63) is 46.7 Å². The maximum atomic E-state index is 12.7. The van der Waals surface area contributed by atoms with Crippen LogP contribution < -0.4 is 10.2 Å². The van der Waals surface area contributed by atoms with Crippen molar-refractivity contribution < 1.29 is 9.53 Å². The first kappa shape index (κ1) is 22.2. The fraction of sp³-hybridized carbons (Fsp3) is 0.480. The van der Waals surface area contributed by atoms with E-state index in [9.17, 15) is 4.79 Å². The molecule has 0 unspecified atom stereocenters. The summed E-state index contributed by atoms with van der Waals surface area (Å²) in [5.41, 5.74) is 4.81. The number of anilines is 1. The van der Waals surface area contributed by atoms with E-state index in [0.29, 0.717) is 11.6 Å². The number of carbonyl (C=O) groups excluding carboxylic acids is 1. The molecule has 0 saturated carbocycles. The molecule has 2 saturated heterocycles. The van der Waals surface area contributed by atoms with E-state index in [1.807, 2.05) is 42.6 Å². The molecule has 1 atom stereocenters. The number of hydrogen-bond acceptors (Lipinski definition) is 5. The molecule has 0 bridgehead atoms. The average Bonchev–Trinajstić information content (AvgIpc) is 3.45. The van der Waals surface area contributed by atoms with E-state index in [4.69, 9.17) is 26.4 Å². The van der Waals surface area contributed by atoms with Crippen molar-refractivity contribution in [2.45, 2.75) is 45.6 Å². The van der Waals surface area contributed by atoms with Gasteiger partial charge in [0, 0.05) is 54.5 Å². The summed E-state index contributed by atoms with van der Waals surface area (Å²) in [6.45, 7) is 7.09. The highest BCUT2D eigenvalue weighted by Crippen LogP contribution is 2.32. The average molecular weight is 468 g/mol. The number of benzene rings is 1.